The third-order valence-electron chi connectivity index (χ3n) is 3.10. The molecule has 0 spiro atoms. The highest BCUT2D eigenvalue weighted by Gasteiger charge is 2.11. The third-order valence-corrected chi connectivity index (χ3v) is 4.86. The first-order valence-corrected chi connectivity index (χ1v) is 9.64. The van der Waals surface area contributed by atoms with Gasteiger partial charge >= 0.3 is 0 Å². The van der Waals surface area contributed by atoms with Crippen LogP contribution in [0.4, 0.5) is 5.69 Å². The fraction of sp³-hybridized carbons (Fsp3) is 0.118. The molecule has 0 radical (unpaired) electrons. The number of carbonyl (C=O) groups is 1. The van der Waals surface area contributed by atoms with Crippen molar-refractivity contribution in [2.24, 2.45) is 0 Å². The second kappa shape index (κ2) is 9.07. The van der Waals surface area contributed by atoms with Gasteiger partial charge in [0.25, 0.3) is 11.1 Å². The fourth-order valence-corrected chi connectivity index (χ4v) is 3.00. The van der Waals surface area contributed by atoms with Gasteiger partial charge < -0.3 is 14.5 Å². The van der Waals surface area contributed by atoms with E-state index in [2.05, 4.69) is 31.4 Å². The van der Waals surface area contributed by atoms with E-state index in [-0.39, 0.29) is 18.3 Å². The Kier molecular flexibility index (Phi) is 6.54. The van der Waals surface area contributed by atoms with Crippen LogP contribution in [0.25, 0.3) is 0 Å². The lowest BCUT2D eigenvalue weighted by Gasteiger charge is -2.05. The SMILES string of the molecule is O=C(CSc1nnc(COc2ccc(Cl)cc2)o1)Nc1ccccc1Br. The average Bonchev–Trinajstić information content (AvgIpc) is 3.09. The Morgan fingerprint density at radius 1 is 1.19 bits per heavy atom. The number of thioether (sulfide) groups is 1. The Hall–Kier alpha value is -2.03. The monoisotopic (exact) mass is 453 g/mol. The number of amides is 1. The molecule has 3 aromatic rings. The van der Waals surface area contributed by atoms with Gasteiger partial charge in [-0.3, -0.25) is 4.79 Å². The summed E-state index contributed by atoms with van der Waals surface area (Å²) >= 11 is 10.4. The van der Waals surface area contributed by atoms with E-state index < -0.39 is 0 Å². The van der Waals surface area contributed by atoms with Gasteiger partial charge in [0.1, 0.15) is 5.75 Å². The van der Waals surface area contributed by atoms with Crippen molar-refractivity contribution in [1.29, 1.82) is 0 Å². The van der Waals surface area contributed by atoms with Crippen molar-refractivity contribution in [1.82, 2.24) is 10.2 Å². The van der Waals surface area contributed by atoms with Crippen LogP contribution in [0.15, 0.2) is 62.6 Å². The van der Waals surface area contributed by atoms with Crippen molar-refractivity contribution in [2.75, 3.05) is 11.1 Å². The number of carbonyl (C=O) groups excluding carboxylic acids is 1. The molecular weight excluding hydrogens is 442 g/mol. The van der Waals surface area contributed by atoms with Crippen LogP contribution in [-0.2, 0) is 11.4 Å². The molecule has 3 rings (SSSR count). The van der Waals surface area contributed by atoms with Crippen LogP contribution in [0, 0.1) is 0 Å². The van der Waals surface area contributed by atoms with E-state index in [1.807, 2.05) is 24.3 Å². The van der Waals surface area contributed by atoms with Gasteiger partial charge in [-0.15, -0.1) is 10.2 Å². The van der Waals surface area contributed by atoms with Crippen LogP contribution in [0.1, 0.15) is 5.89 Å². The first kappa shape index (κ1) is 18.8. The Balaban J connectivity index is 1.46. The Labute approximate surface area is 167 Å². The minimum absolute atomic E-state index is 0.137. The molecule has 1 aromatic heterocycles. The number of nitrogens with zero attached hydrogens (tertiary/aromatic N) is 2. The van der Waals surface area contributed by atoms with E-state index in [1.54, 1.807) is 24.3 Å². The van der Waals surface area contributed by atoms with Crippen LogP contribution in [0.5, 0.6) is 5.75 Å². The molecule has 1 N–H and O–H groups in total. The Bertz CT molecular complexity index is 889. The number of hydrogen-bond donors (Lipinski definition) is 1. The van der Waals surface area contributed by atoms with Crippen molar-refractivity contribution in [3.05, 3.63) is 63.9 Å². The summed E-state index contributed by atoms with van der Waals surface area (Å²) < 4.78 is 11.8. The normalized spacial score (nSPS) is 10.5. The molecule has 26 heavy (non-hydrogen) atoms. The molecule has 0 fully saturated rings. The molecule has 134 valence electrons. The third kappa shape index (κ3) is 5.48. The number of aromatic nitrogens is 2. The molecule has 0 atom stereocenters. The molecule has 0 aliphatic heterocycles. The van der Waals surface area contributed by atoms with E-state index in [9.17, 15) is 4.79 Å². The quantitative estimate of drug-likeness (QED) is 0.517. The summed E-state index contributed by atoms with van der Waals surface area (Å²) in [6.45, 7) is 0.137. The minimum Gasteiger partial charge on any atom is -0.484 e. The number of para-hydroxylation sites is 1. The van der Waals surface area contributed by atoms with Crippen LogP contribution in [-0.4, -0.2) is 21.9 Å². The summed E-state index contributed by atoms with van der Waals surface area (Å²) in [5, 5.41) is 11.5. The molecule has 0 unspecified atom stereocenters. The molecule has 1 amide bonds. The number of rotatable bonds is 7. The topological polar surface area (TPSA) is 77.2 Å². The van der Waals surface area contributed by atoms with E-state index in [0.717, 1.165) is 16.2 Å². The molecule has 1 heterocycles. The lowest BCUT2D eigenvalue weighted by atomic mass is 10.3. The summed E-state index contributed by atoms with van der Waals surface area (Å²) in [5.41, 5.74) is 0.709. The highest BCUT2D eigenvalue weighted by atomic mass is 79.9. The standard InChI is InChI=1S/C17H13BrClN3O3S/c18-13-3-1-2-4-14(13)20-15(23)10-26-17-22-21-16(25-17)9-24-12-7-5-11(19)6-8-12/h1-8H,9-10H2,(H,20,23). The zero-order valence-corrected chi connectivity index (χ0v) is 16.5. The fourth-order valence-electron chi connectivity index (χ4n) is 1.91. The van der Waals surface area contributed by atoms with E-state index in [4.69, 9.17) is 20.8 Å². The first-order chi connectivity index (χ1) is 12.6. The summed E-state index contributed by atoms with van der Waals surface area (Å²) in [5.74, 6) is 0.962. The summed E-state index contributed by atoms with van der Waals surface area (Å²) in [7, 11) is 0. The van der Waals surface area contributed by atoms with Crippen LogP contribution >= 0.6 is 39.3 Å². The largest absolute Gasteiger partial charge is 0.484 e. The predicted molar refractivity (Wildman–Crippen MR) is 104 cm³/mol. The van der Waals surface area contributed by atoms with Gasteiger partial charge in [-0.25, -0.2) is 0 Å². The maximum atomic E-state index is 12.0. The number of benzene rings is 2. The highest BCUT2D eigenvalue weighted by molar-refractivity contribution is 9.10. The van der Waals surface area contributed by atoms with Crippen molar-refractivity contribution >= 4 is 50.9 Å². The second-order valence-corrected chi connectivity index (χ2v) is 7.24. The lowest BCUT2D eigenvalue weighted by Crippen LogP contribution is -2.14. The number of ether oxygens (including phenoxy) is 1. The summed E-state index contributed by atoms with van der Waals surface area (Å²) in [6, 6.07) is 14.4. The maximum Gasteiger partial charge on any atom is 0.277 e. The number of nitrogens with one attached hydrogen (secondary N) is 1. The van der Waals surface area contributed by atoms with Gasteiger partial charge in [0.15, 0.2) is 6.61 Å². The maximum absolute atomic E-state index is 12.0. The molecule has 9 heteroatoms. The van der Waals surface area contributed by atoms with Crippen LogP contribution in [0.3, 0.4) is 0 Å². The van der Waals surface area contributed by atoms with E-state index >= 15 is 0 Å². The minimum atomic E-state index is -0.168. The number of halogens is 2. The van der Waals surface area contributed by atoms with Gasteiger partial charge in [0.2, 0.25) is 5.91 Å². The molecule has 0 saturated carbocycles. The molecule has 6 nitrogen and oxygen atoms in total. The van der Waals surface area contributed by atoms with Crippen LogP contribution < -0.4 is 10.1 Å². The van der Waals surface area contributed by atoms with Crippen molar-refractivity contribution in [3.8, 4) is 5.75 Å². The zero-order chi connectivity index (χ0) is 18.4. The number of anilines is 1. The summed E-state index contributed by atoms with van der Waals surface area (Å²) in [6.07, 6.45) is 0. The van der Waals surface area contributed by atoms with Crippen molar-refractivity contribution < 1.29 is 13.9 Å². The van der Waals surface area contributed by atoms with Gasteiger partial charge in [-0.05, 0) is 52.3 Å². The number of hydrogen-bond acceptors (Lipinski definition) is 6. The van der Waals surface area contributed by atoms with Gasteiger partial charge in [0, 0.05) is 9.50 Å². The molecular formula is C17H13BrClN3O3S. The Morgan fingerprint density at radius 2 is 1.96 bits per heavy atom. The van der Waals surface area contributed by atoms with Crippen LogP contribution in [0.2, 0.25) is 5.02 Å². The van der Waals surface area contributed by atoms with Gasteiger partial charge in [-0.2, -0.15) is 0 Å². The van der Waals surface area contributed by atoms with E-state index in [1.165, 1.54) is 0 Å². The zero-order valence-electron chi connectivity index (χ0n) is 13.3. The molecule has 0 aliphatic carbocycles. The molecule has 0 aliphatic rings. The smallest absolute Gasteiger partial charge is 0.277 e. The van der Waals surface area contributed by atoms with E-state index in [0.29, 0.717) is 27.6 Å². The molecule has 2 aromatic carbocycles. The van der Waals surface area contributed by atoms with Gasteiger partial charge in [0.05, 0.1) is 11.4 Å². The summed E-state index contributed by atoms with van der Waals surface area (Å²) in [4.78, 5) is 12.0. The molecule has 0 bridgehead atoms. The van der Waals surface area contributed by atoms with Gasteiger partial charge in [-0.1, -0.05) is 35.5 Å². The van der Waals surface area contributed by atoms with Crippen molar-refractivity contribution in [3.63, 3.8) is 0 Å². The first-order valence-electron chi connectivity index (χ1n) is 7.48. The highest BCUT2D eigenvalue weighted by Crippen LogP contribution is 2.23. The second-order valence-electron chi connectivity index (χ2n) is 5.02. The Morgan fingerprint density at radius 3 is 2.73 bits per heavy atom. The van der Waals surface area contributed by atoms with Crippen molar-refractivity contribution in [2.45, 2.75) is 11.8 Å². The predicted octanol–water partition coefficient (Wildman–Crippen LogP) is 4.80. The average molecular weight is 455 g/mol. The lowest BCUT2D eigenvalue weighted by molar-refractivity contribution is -0.113. The molecule has 0 saturated heterocycles.